The van der Waals surface area contributed by atoms with E-state index in [1.807, 2.05) is 60.7 Å². The van der Waals surface area contributed by atoms with Crippen molar-refractivity contribution in [1.29, 1.82) is 0 Å². The number of aryl methyl sites for hydroxylation is 1. The molecule has 0 fully saturated rings. The van der Waals surface area contributed by atoms with Gasteiger partial charge in [0.05, 0.1) is 12.8 Å². The van der Waals surface area contributed by atoms with E-state index >= 15 is 0 Å². The molecule has 4 heteroatoms. The van der Waals surface area contributed by atoms with E-state index in [-0.39, 0.29) is 0 Å². The smallest absolute Gasteiger partial charge is 0.161 e. The number of methoxy groups -OCH3 is 1. The second kappa shape index (κ2) is 9.42. The van der Waals surface area contributed by atoms with Crippen molar-refractivity contribution >= 4 is 23.5 Å². The first-order valence-electron chi connectivity index (χ1n) is 9.77. The SMILES string of the molecule is COc1cc(C=Cc2nc(-c3ccc(C)cc3)cs2)ccc1OCc1ccccc1. The monoisotopic (exact) mass is 413 g/mol. The molecule has 0 radical (unpaired) electrons. The number of ether oxygens (including phenoxy) is 2. The average molecular weight is 414 g/mol. The Morgan fingerprint density at radius 2 is 1.70 bits per heavy atom. The Morgan fingerprint density at radius 3 is 2.47 bits per heavy atom. The van der Waals surface area contributed by atoms with Crippen LogP contribution in [0.1, 0.15) is 21.7 Å². The van der Waals surface area contributed by atoms with Crippen molar-refractivity contribution in [2.24, 2.45) is 0 Å². The Morgan fingerprint density at radius 1 is 0.900 bits per heavy atom. The number of rotatable bonds is 7. The molecule has 30 heavy (non-hydrogen) atoms. The topological polar surface area (TPSA) is 31.4 Å². The van der Waals surface area contributed by atoms with Gasteiger partial charge in [-0.05, 0) is 36.3 Å². The molecule has 0 aliphatic carbocycles. The van der Waals surface area contributed by atoms with Crippen LogP contribution in [0.5, 0.6) is 11.5 Å². The number of thiazole rings is 1. The Balaban J connectivity index is 1.45. The average Bonchev–Trinajstić information content (AvgIpc) is 3.27. The summed E-state index contributed by atoms with van der Waals surface area (Å²) in [6, 6.07) is 24.5. The number of nitrogens with zero attached hydrogens (tertiary/aromatic N) is 1. The van der Waals surface area contributed by atoms with Crippen molar-refractivity contribution in [2.45, 2.75) is 13.5 Å². The third-order valence-electron chi connectivity index (χ3n) is 4.71. The Hall–Kier alpha value is -3.37. The molecular formula is C26H23NO2S. The molecule has 0 aliphatic heterocycles. The van der Waals surface area contributed by atoms with Crippen LogP contribution in [0.3, 0.4) is 0 Å². The summed E-state index contributed by atoms with van der Waals surface area (Å²) in [6.45, 7) is 2.60. The molecule has 1 aromatic heterocycles. The van der Waals surface area contributed by atoms with Gasteiger partial charge in [0, 0.05) is 10.9 Å². The van der Waals surface area contributed by atoms with Gasteiger partial charge in [0.1, 0.15) is 11.6 Å². The van der Waals surface area contributed by atoms with E-state index < -0.39 is 0 Å². The molecule has 0 bridgehead atoms. The molecule has 0 saturated carbocycles. The fraction of sp³-hybridized carbons (Fsp3) is 0.115. The lowest BCUT2D eigenvalue weighted by atomic mass is 10.1. The second-order valence-electron chi connectivity index (χ2n) is 6.95. The van der Waals surface area contributed by atoms with Crippen LogP contribution in [0.4, 0.5) is 0 Å². The van der Waals surface area contributed by atoms with Gasteiger partial charge in [-0.1, -0.05) is 72.3 Å². The van der Waals surface area contributed by atoms with Crippen LogP contribution in [0.15, 0.2) is 78.2 Å². The van der Waals surface area contributed by atoms with E-state index in [4.69, 9.17) is 14.5 Å². The Labute approximate surface area is 181 Å². The highest BCUT2D eigenvalue weighted by atomic mass is 32.1. The minimum atomic E-state index is 0.507. The molecule has 0 unspecified atom stereocenters. The first-order chi connectivity index (χ1) is 14.7. The van der Waals surface area contributed by atoms with Crippen LogP contribution in [-0.2, 0) is 6.61 Å². The maximum Gasteiger partial charge on any atom is 0.161 e. The summed E-state index contributed by atoms with van der Waals surface area (Å²) >= 11 is 1.63. The Bertz CT molecular complexity index is 1130. The minimum absolute atomic E-state index is 0.507. The zero-order valence-electron chi connectivity index (χ0n) is 17.0. The minimum Gasteiger partial charge on any atom is -0.493 e. The molecule has 3 nitrogen and oxygen atoms in total. The lowest BCUT2D eigenvalue weighted by Crippen LogP contribution is -1.97. The predicted molar refractivity (Wildman–Crippen MR) is 125 cm³/mol. The van der Waals surface area contributed by atoms with E-state index in [1.54, 1.807) is 18.4 Å². The second-order valence-corrected chi connectivity index (χ2v) is 7.84. The molecule has 4 rings (SSSR count). The highest BCUT2D eigenvalue weighted by molar-refractivity contribution is 7.10. The van der Waals surface area contributed by atoms with E-state index in [0.29, 0.717) is 12.4 Å². The molecule has 0 atom stereocenters. The maximum absolute atomic E-state index is 5.93. The summed E-state index contributed by atoms with van der Waals surface area (Å²) < 4.78 is 11.5. The summed E-state index contributed by atoms with van der Waals surface area (Å²) in [5.74, 6) is 1.45. The van der Waals surface area contributed by atoms with Crippen molar-refractivity contribution in [1.82, 2.24) is 4.98 Å². The van der Waals surface area contributed by atoms with Gasteiger partial charge in [-0.15, -0.1) is 11.3 Å². The Kier molecular flexibility index (Phi) is 6.26. The summed E-state index contributed by atoms with van der Waals surface area (Å²) in [4.78, 5) is 4.72. The number of aromatic nitrogens is 1. The standard InChI is InChI=1S/C26H23NO2S/c1-19-8-12-22(13-9-19)23-18-30-26(27-23)15-11-20-10-14-24(25(16-20)28-2)29-17-21-6-4-3-5-7-21/h3-16,18H,17H2,1-2H3. The summed E-state index contributed by atoms with van der Waals surface area (Å²) in [7, 11) is 1.66. The first-order valence-corrected chi connectivity index (χ1v) is 10.6. The summed E-state index contributed by atoms with van der Waals surface area (Å²) in [6.07, 6.45) is 4.07. The molecular weight excluding hydrogens is 390 g/mol. The van der Waals surface area contributed by atoms with Crippen molar-refractivity contribution in [3.05, 3.63) is 99.9 Å². The maximum atomic E-state index is 5.93. The van der Waals surface area contributed by atoms with Crippen molar-refractivity contribution < 1.29 is 9.47 Å². The molecule has 3 aromatic carbocycles. The third kappa shape index (κ3) is 4.97. The van der Waals surface area contributed by atoms with Crippen molar-refractivity contribution in [3.8, 4) is 22.8 Å². The van der Waals surface area contributed by atoms with Crippen molar-refractivity contribution in [2.75, 3.05) is 7.11 Å². The summed E-state index contributed by atoms with van der Waals surface area (Å²) in [5, 5.41) is 3.06. The van der Waals surface area contributed by atoms with Crippen LogP contribution in [0.25, 0.3) is 23.4 Å². The van der Waals surface area contributed by atoms with Gasteiger partial charge in [-0.25, -0.2) is 4.98 Å². The van der Waals surface area contributed by atoms with Gasteiger partial charge >= 0.3 is 0 Å². The van der Waals surface area contributed by atoms with Crippen LogP contribution in [0.2, 0.25) is 0 Å². The lowest BCUT2D eigenvalue weighted by Gasteiger charge is -2.11. The van der Waals surface area contributed by atoms with E-state index in [9.17, 15) is 0 Å². The molecule has 0 amide bonds. The quantitative estimate of drug-likeness (QED) is 0.331. The molecule has 0 N–H and O–H groups in total. The van der Waals surface area contributed by atoms with Gasteiger partial charge < -0.3 is 9.47 Å². The highest BCUT2D eigenvalue weighted by Gasteiger charge is 2.06. The highest BCUT2D eigenvalue weighted by Crippen LogP contribution is 2.30. The van der Waals surface area contributed by atoms with Crippen LogP contribution in [-0.4, -0.2) is 12.1 Å². The van der Waals surface area contributed by atoms with Gasteiger partial charge in [-0.2, -0.15) is 0 Å². The zero-order valence-corrected chi connectivity index (χ0v) is 17.9. The van der Waals surface area contributed by atoms with Gasteiger partial charge in [-0.3, -0.25) is 0 Å². The summed E-state index contributed by atoms with van der Waals surface area (Å²) in [5.41, 5.74) is 5.54. The number of benzene rings is 3. The molecule has 150 valence electrons. The zero-order chi connectivity index (χ0) is 20.8. The molecule has 0 aliphatic rings. The largest absolute Gasteiger partial charge is 0.493 e. The molecule has 0 spiro atoms. The van der Waals surface area contributed by atoms with E-state index in [2.05, 4.69) is 36.6 Å². The van der Waals surface area contributed by atoms with Gasteiger partial charge in [0.2, 0.25) is 0 Å². The van der Waals surface area contributed by atoms with Gasteiger partial charge in [0.25, 0.3) is 0 Å². The van der Waals surface area contributed by atoms with Gasteiger partial charge in [0.15, 0.2) is 11.5 Å². The molecule has 0 saturated heterocycles. The van der Waals surface area contributed by atoms with Crippen molar-refractivity contribution in [3.63, 3.8) is 0 Å². The van der Waals surface area contributed by atoms with Crippen LogP contribution in [0, 0.1) is 6.92 Å². The lowest BCUT2D eigenvalue weighted by molar-refractivity contribution is 0.284. The van der Waals surface area contributed by atoms with Crippen LogP contribution >= 0.6 is 11.3 Å². The predicted octanol–water partition coefficient (Wildman–Crippen LogP) is 6.88. The third-order valence-corrected chi connectivity index (χ3v) is 5.52. The fourth-order valence-electron chi connectivity index (χ4n) is 3.03. The van der Waals surface area contributed by atoms with Crippen LogP contribution < -0.4 is 9.47 Å². The fourth-order valence-corrected chi connectivity index (χ4v) is 3.75. The molecule has 4 aromatic rings. The normalized spacial score (nSPS) is 11.0. The van der Waals surface area contributed by atoms with E-state index in [1.165, 1.54) is 5.56 Å². The van der Waals surface area contributed by atoms with E-state index in [0.717, 1.165) is 33.1 Å². The number of hydrogen-bond acceptors (Lipinski definition) is 4. The molecule has 1 heterocycles. The first kappa shape index (κ1) is 19.9. The number of hydrogen-bond donors (Lipinski definition) is 0.